The molecule has 0 aromatic rings. The minimum absolute atomic E-state index is 0.956. The first-order valence-electron chi connectivity index (χ1n) is 8.31. The normalized spacial score (nSPS) is 24.3. The van der Waals surface area contributed by atoms with E-state index in [2.05, 4.69) is 17.1 Å². The molecule has 18 heavy (non-hydrogen) atoms. The molecule has 2 heteroatoms. The third-order valence-corrected chi connectivity index (χ3v) is 4.91. The number of nitrogens with one attached hydrogen (secondary N) is 1. The highest BCUT2D eigenvalue weighted by Crippen LogP contribution is 2.24. The van der Waals surface area contributed by atoms with Crippen LogP contribution in [0.5, 0.6) is 0 Å². The molecule has 0 aromatic heterocycles. The lowest BCUT2D eigenvalue weighted by molar-refractivity contribution is 0.180. The van der Waals surface area contributed by atoms with E-state index < -0.39 is 0 Å². The molecule has 2 rings (SSSR count). The van der Waals surface area contributed by atoms with E-state index in [-0.39, 0.29) is 0 Å². The van der Waals surface area contributed by atoms with E-state index in [1.165, 1.54) is 84.1 Å². The van der Waals surface area contributed by atoms with Crippen molar-refractivity contribution in [3.63, 3.8) is 0 Å². The highest BCUT2D eigenvalue weighted by atomic mass is 15.1. The van der Waals surface area contributed by atoms with Crippen molar-refractivity contribution in [2.45, 2.75) is 58.3 Å². The second-order valence-electron chi connectivity index (χ2n) is 6.40. The Balaban J connectivity index is 1.72. The van der Waals surface area contributed by atoms with Crippen LogP contribution in [0.2, 0.25) is 0 Å². The van der Waals surface area contributed by atoms with Crippen LogP contribution in [0.15, 0.2) is 0 Å². The van der Waals surface area contributed by atoms with Gasteiger partial charge in [0.05, 0.1) is 0 Å². The van der Waals surface area contributed by atoms with Crippen LogP contribution >= 0.6 is 0 Å². The summed E-state index contributed by atoms with van der Waals surface area (Å²) in [7, 11) is 0. The monoisotopic (exact) mass is 252 g/mol. The summed E-state index contributed by atoms with van der Waals surface area (Å²) in [4.78, 5) is 2.74. The quantitative estimate of drug-likeness (QED) is 0.755. The molecule has 1 aliphatic carbocycles. The van der Waals surface area contributed by atoms with E-state index in [4.69, 9.17) is 0 Å². The molecule has 0 aromatic carbocycles. The van der Waals surface area contributed by atoms with Crippen molar-refractivity contribution in [3.8, 4) is 0 Å². The Morgan fingerprint density at radius 1 is 0.833 bits per heavy atom. The molecular weight excluding hydrogens is 220 g/mol. The summed E-state index contributed by atoms with van der Waals surface area (Å²) < 4.78 is 0. The van der Waals surface area contributed by atoms with E-state index in [0.29, 0.717) is 0 Å². The predicted molar refractivity (Wildman–Crippen MR) is 78.9 cm³/mol. The molecule has 1 heterocycles. The first kappa shape index (κ1) is 14.3. The average molecular weight is 252 g/mol. The van der Waals surface area contributed by atoms with Gasteiger partial charge in [-0.1, -0.05) is 32.6 Å². The Hall–Kier alpha value is -0.0800. The molecule has 1 saturated carbocycles. The van der Waals surface area contributed by atoms with Crippen molar-refractivity contribution in [2.75, 3.05) is 32.7 Å². The summed E-state index contributed by atoms with van der Waals surface area (Å²) in [6.07, 6.45) is 11.7. The Bertz CT molecular complexity index is 203. The standard InChI is InChI=1S/C16H32N2/c1-2-18(14-16-9-11-17-12-10-16)13-15-7-5-3-4-6-8-15/h15-17H,2-14H2,1H3. The van der Waals surface area contributed by atoms with Crippen molar-refractivity contribution < 1.29 is 0 Å². The summed E-state index contributed by atoms with van der Waals surface area (Å²) in [6.45, 7) is 8.81. The lowest BCUT2D eigenvalue weighted by atomic mass is 9.95. The van der Waals surface area contributed by atoms with Gasteiger partial charge in [0.25, 0.3) is 0 Å². The molecular formula is C16H32N2. The lowest BCUT2D eigenvalue weighted by Crippen LogP contribution is -2.38. The molecule has 1 N–H and O–H groups in total. The lowest BCUT2D eigenvalue weighted by Gasteiger charge is -2.31. The average Bonchev–Trinajstić information content (AvgIpc) is 2.68. The largest absolute Gasteiger partial charge is 0.317 e. The van der Waals surface area contributed by atoms with Gasteiger partial charge in [-0.15, -0.1) is 0 Å². The van der Waals surface area contributed by atoms with Crippen molar-refractivity contribution in [1.29, 1.82) is 0 Å². The fourth-order valence-electron chi connectivity index (χ4n) is 3.67. The molecule has 0 amide bonds. The van der Waals surface area contributed by atoms with Crippen molar-refractivity contribution >= 4 is 0 Å². The van der Waals surface area contributed by atoms with Gasteiger partial charge in [-0.25, -0.2) is 0 Å². The molecule has 2 aliphatic rings. The number of hydrogen-bond donors (Lipinski definition) is 1. The zero-order valence-corrected chi connectivity index (χ0v) is 12.3. The van der Waals surface area contributed by atoms with Crippen LogP contribution in [0.4, 0.5) is 0 Å². The SMILES string of the molecule is CCN(CC1CCCCCC1)CC1CCNCC1. The maximum Gasteiger partial charge on any atom is 0.00106 e. The molecule has 0 bridgehead atoms. The fraction of sp³-hybridized carbons (Fsp3) is 1.00. The summed E-state index contributed by atoms with van der Waals surface area (Å²) in [5.41, 5.74) is 0. The third kappa shape index (κ3) is 4.89. The van der Waals surface area contributed by atoms with Gasteiger partial charge in [0, 0.05) is 13.1 Å². The maximum atomic E-state index is 3.48. The molecule has 0 unspecified atom stereocenters. The van der Waals surface area contributed by atoms with Crippen LogP contribution in [0.25, 0.3) is 0 Å². The zero-order valence-electron chi connectivity index (χ0n) is 12.3. The van der Waals surface area contributed by atoms with Crippen LogP contribution < -0.4 is 5.32 Å². The van der Waals surface area contributed by atoms with Crippen LogP contribution in [-0.2, 0) is 0 Å². The first-order chi connectivity index (χ1) is 8.88. The second kappa shape index (κ2) is 8.16. The van der Waals surface area contributed by atoms with E-state index in [0.717, 1.165) is 11.8 Å². The predicted octanol–water partition coefficient (Wildman–Crippen LogP) is 3.28. The Kier molecular flexibility index (Phi) is 6.50. The third-order valence-electron chi connectivity index (χ3n) is 4.91. The minimum Gasteiger partial charge on any atom is -0.317 e. The second-order valence-corrected chi connectivity index (χ2v) is 6.40. The van der Waals surface area contributed by atoms with Crippen LogP contribution in [-0.4, -0.2) is 37.6 Å². The fourth-order valence-corrected chi connectivity index (χ4v) is 3.67. The molecule has 0 radical (unpaired) electrons. The summed E-state index contributed by atoms with van der Waals surface area (Å²) in [5, 5.41) is 3.48. The van der Waals surface area contributed by atoms with Gasteiger partial charge in [-0.05, 0) is 57.2 Å². The smallest absolute Gasteiger partial charge is 0.00106 e. The van der Waals surface area contributed by atoms with Gasteiger partial charge in [-0.2, -0.15) is 0 Å². The van der Waals surface area contributed by atoms with E-state index in [1.807, 2.05) is 0 Å². The number of rotatable bonds is 5. The van der Waals surface area contributed by atoms with Crippen LogP contribution in [0.1, 0.15) is 58.3 Å². The Labute approximate surface area is 114 Å². The first-order valence-corrected chi connectivity index (χ1v) is 8.31. The topological polar surface area (TPSA) is 15.3 Å². The summed E-state index contributed by atoms with van der Waals surface area (Å²) in [5.74, 6) is 1.95. The van der Waals surface area contributed by atoms with Crippen molar-refractivity contribution in [2.24, 2.45) is 11.8 Å². The molecule has 0 atom stereocenters. The van der Waals surface area contributed by atoms with E-state index in [9.17, 15) is 0 Å². The molecule has 106 valence electrons. The van der Waals surface area contributed by atoms with Crippen molar-refractivity contribution in [3.05, 3.63) is 0 Å². The number of hydrogen-bond acceptors (Lipinski definition) is 2. The van der Waals surface area contributed by atoms with Gasteiger partial charge >= 0.3 is 0 Å². The highest BCUT2D eigenvalue weighted by Gasteiger charge is 2.19. The van der Waals surface area contributed by atoms with Crippen molar-refractivity contribution in [1.82, 2.24) is 10.2 Å². The van der Waals surface area contributed by atoms with Gasteiger partial charge in [0.1, 0.15) is 0 Å². The minimum atomic E-state index is 0.956. The zero-order chi connectivity index (χ0) is 12.6. The van der Waals surface area contributed by atoms with E-state index in [1.54, 1.807) is 0 Å². The summed E-state index contributed by atoms with van der Waals surface area (Å²) in [6, 6.07) is 0. The van der Waals surface area contributed by atoms with Crippen LogP contribution in [0, 0.1) is 11.8 Å². The van der Waals surface area contributed by atoms with E-state index >= 15 is 0 Å². The Morgan fingerprint density at radius 2 is 1.39 bits per heavy atom. The van der Waals surface area contributed by atoms with Gasteiger partial charge in [0.2, 0.25) is 0 Å². The maximum absolute atomic E-state index is 3.48. The van der Waals surface area contributed by atoms with Crippen LogP contribution in [0.3, 0.4) is 0 Å². The molecule has 2 nitrogen and oxygen atoms in total. The molecule has 1 aliphatic heterocycles. The highest BCUT2D eigenvalue weighted by molar-refractivity contribution is 4.75. The molecule has 1 saturated heterocycles. The summed E-state index contributed by atoms with van der Waals surface area (Å²) >= 11 is 0. The van der Waals surface area contributed by atoms with Gasteiger partial charge < -0.3 is 10.2 Å². The Morgan fingerprint density at radius 3 is 1.94 bits per heavy atom. The molecule has 0 spiro atoms. The van der Waals surface area contributed by atoms with Gasteiger partial charge in [0.15, 0.2) is 0 Å². The number of piperidine rings is 1. The number of nitrogens with zero attached hydrogens (tertiary/aromatic N) is 1. The molecule has 2 fully saturated rings. The van der Waals surface area contributed by atoms with Gasteiger partial charge in [-0.3, -0.25) is 0 Å².